The van der Waals surface area contributed by atoms with E-state index in [1.165, 1.54) is 11.1 Å². The number of aryl methyl sites for hydroxylation is 2. The zero-order valence-electron chi connectivity index (χ0n) is 12.6. The molecule has 2 aliphatic rings. The number of aliphatic hydroxyl groups excluding tert-OH is 1. The van der Waals surface area contributed by atoms with Crippen molar-refractivity contribution in [2.24, 2.45) is 5.41 Å². The lowest BCUT2D eigenvalue weighted by molar-refractivity contribution is 0.159. The lowest BCUT2D eigenvalue weighted by Crippen LogP contribution is -2.27. The fourth-order valence-electron chi connectivity index (χ4n) is 4.67. The van der Waals surface area contributed by atoms with Crippen LogP contribution in [0.3, 0.4) is 0 Å². The summed E-state index contributed by atoms with van der Waals surface area (Å²) in [6, 6.07) is 7.74. The highest BCUT2D eigenvalue weighted by Crippen LogP contribution is 2.56. The van der Waals surface area contributed by atoms with Gasteiger partial charge >= 0.3 is 0 Å². The molecule has 0 aliphatic heterocycles. The fraction of sp³-hybridized carbons (Fsp3) is 0.474. The van der Waals surface area contributed by atoms with E-state index in [2.05, 4.69) is 19.9 Å². The summed E-state index contributed by atoms with van der Waals surface area (Å²) >= 11 is 0. The molecule has 2 aromatic rings. The van der Waals surface area contributed by atoms with Gasteiger partial charge in [-0.2, -0.15) is 0 Å². The van der Waals surface area contributed by atoms with E-state index in [1.807, 2.05) is 12.1 Å². The molecule has 4 rings (SSSR count). The molecule has 2 aliphatic carbocycles. The molecule has 0 spiro atoms. The molecule has 0 radical (unpaired) electrons. The molecule has 0 unspecified atom stereocenters. The minimum absolute atomic E-state index is 0.116. The van der Waals surface area contributed by atoms with Crippen LogP contribution < -0.4 is 0 Å². The van der Waals surface area contributed by atoms with Crippen molar-refractivity contribution in [3.63, 3.8) is 0 Å². The molecule has 2 aromatic carbocycles. The monoisotopic (exact) mass is 284 g/mol. The molecule has 1 fully saturated rings. The second-order valence-electron chi connectivity index (χ2n) is 7.28. The quantitative estimate of drug-likeness (QED) is 0.756. The van der Waals surface area contributed by atoms with Gasteiger partial charge in [-0.3, -0.25) is 0 Å². The van der Waals surface area contributed by atoms with Crippen LogP contribution in [0.15, 0.2) is 24.3 Å². The highest BCUT2D eigenvalue weighted by atomic mass is 19.1. The Morgan fingerprint density at radius 1 is 1.24 bits per heavy atom. The number of hydrogen-bond donors (Lipinski definition) is 1. The van der Waals surface area contributed by atoms with Crippen LogP contribution in [0.4, 0.5) is 4.39 Å². The van der Waals surface area contributed by atoms with Crippen molar-refractivity contribution < 1.29 is 9.50 Å². The first kappa shape index (κ1) is 13.3. The Hall–Kier alpha value is -1.41. The third kappa shape index (κ3) is 1.85. The topological polar surface area (TPSA) is 20.2 Å². The summed E-state index contributed by atoms with van der Waals surface area (Å²) in [6.07, 6.45) is 3.48. The Balaban J connectivity index is 1.99. The first-order valence-electron chi connectivity index (χ1n) is 7.88. The lowest BCUT2D eigenvalue weighted by atomic mass is 9.66. The van der Waals surface area contributed by atoms with Crippen LogP contribution in [-0.2, 0) is 6.42 Å². The summed E-state index contributed by atoms with van der Waals surface area (Å²) in [6.45, 7) is 4.32. The Morgan fingerprint density at radius 3 is 2.86 bits per heavy atom. The average Bonchev–Trinajstić information content (AvgIpc) is 2.73. The second kappa shape index (κ2) is 4.30. The van der Waals surface area contributed by atoms with Gasteiger partial charge in [-0.25, -0.2) is 4.39 Å². The van der Waals surface area contributed by atoms with Crippen molar-refractivity contribution in [2.75, 3.05) is 0 Å². The van der Waals surface area contributed by atoms with Crippen LogP contribution in [0.2, 0.25) is 0 Å². The van der Waals surface area contributed by atoms with Gasteiger partial charge in [0.15, 0.2) is 0 Å². The first-order chi connectivity index (χ1) is 9.98. The summed E-state index contributed by atoms with van der Waals surface area (Å²) in [5, 5.41) is 11.9. The normalized spacial score (nSPS) is 31.2. The summed E-state index contributed by atoms with van der Waals surface area (Å²) in [4.78, 5) is 0. The number of halogens is 1. The summed E-state index contributed by atoms with van der Waals surface area (Å²) in [7, 11) is 0. The van der Waals surface area contributed by atoms with Gasteiger partial charge in [-0.05, 0) is 66.5 Å². The molecule has 0 amide bonds. The third-order valence-electron chi connectivity index (χ3n) is 5.76. The van der Waals surface area contributed by atoms with E-state index in [-0.39, 0.29) is 17.3 Å². The molecule has 0 aromatic heterocycles. The van der Waals surface area contributed by atoms with E-state index in [0.717, 1.165) is 42.0 Å². The van der Waals surface area contributed by atoms with Crippen LogP contribution in [0, 0.1) is 18.2 Å². The van der Waals surface area contributed by atoms with E-state index < -0.39 is 0 Å². The zero-order chi connectivity index (χ0) is 14.8. The minimum Gasteiger partial charge on any atom is -0.393 e. The molecule has 1 N–H and O–H groups in total. The molecule has 0 bridgehead atoms. The van der Waals surface area contributed by atoms with Gasteiger partial charge in [0.05, 0.1) is 6.10 Å². The summed E-state index contributed by atoms with van der Waals surface area (Å²) in [5.41, 5.74) is 3.77. The first-order valence-corrected chi connectivity index (χ1v) is 7.88. The van der Waals surface area contributed by atoms with Crippen molar-refractivity contribution in [3.8, 4) is 0 Å². The third-order valence-corrected chi connectivity index (χ3v) is 5.76. The molecule has 1 saturated carbocycles. The van der Waals surface area contributed by atoms with Crippen LogP contribution in [0.25, 0.3) is 10.8 Å². The molecule has 3 atom stereocenters. The molecule has 110 valence electrons. The molecule has 2 heteroatoms. The second-order valence-corrected chi connectivity index (χ2v) is 7.28. The maximum Gasteiger partial charge on any atom is 0.131 e. The molecule has 21 heavy (non-hydrogen) atoms. The maximum absolute atomic E-state index is 14.5. The van der Waals surface area contributed by atoms with E-state index in [1.54, 1.807) is 6.07 Å². The van der Waals surface area contributed by atoms with E-state index in [0.29, 0.717) is 5.92 Å². The van der Waals surface area contributed by atoms with E-state index >= 15 is 0 Å². The smallest absolute Gasteiger partial charge is 0.131 e. The van der Waals surface area contributed by atoms with Gasteiger partial charge in [-0.1, -0.05) is 30.7 Å². The molecule has 1 nitrogen and oxygen atoms in total. The van der Waals surface area contributed by atoms with E-state index in [4.69, 9.17) is 0 Å². The molecular weight excluding hydrogens is 263 g/mol. The molecule has 0 heterocycles. The van der Waals surface area contributed by atoms with E-state index in [9.17, 15) is 9.50 Å². The van der Waals surface area contributed by atoms with Crippen molar-refractivity contribution in [1.82, 2.24) is 0 Å². The van der Waals surface area contributed by atoms with Crippen molar-refractivity contribution >= 4 is 10.8 Å². The van der Waals surface area contributed by atoms with Crippen LogP contribution in [-0.4, -0.2) is 11.2 Å². The van der Waals surface area contributed by atoms with Gasteiger partial charge in [0, 0.05) is 5.39 Å². The summed E-state index contributed by atoms with van der Waals surface area (Å²) < 4.78 is 14.5. The Labute approximate surface area is 124 Å². The predicted molar refractivity (Wildman–Crippen MR) is 83.1 cm³/mol. The Morgan fingerprint density at radius 2 is 2.05 bits per heavy atom. The van der Waals surface area contributed by atoms with Gasteiger partial charge in [-0.15, -0.1) is 0 Å². The minimum atomic E-state index is -0.234. The largest absolute Gasteiger partial charge is 0.393 e. The lowest BCUT2D eigenvalue weighted by Gasteiger charge is -2.38. The van der Waals surface area contributed by atoms with Gasteiger partial charge in [0.1, 0.15) is 5.82 Å². The molecular formula is C19H21FO. The van der Waals surface area contributed by atoms with Crippen molar-refractivity contribution in [1.29, 1.82) is 0 Å². The number of benzene rings is 2. The van der Waals surface area contributed by atoms with Gasteiger partial charge in [0.25, 0.3) is 0 Å². The zero-order valence-corrected chi connectivity index (χ0v) is 12.6. The maximum atomic E-state index is 14.5. The number of fused-ring (bicyclic) bond motifs is 5. The highest BCUT2D eigenvalue weighted by Gasteiger charge is 2.47. The Kier molecular flexibility index (Phi) is 2.71. The number of aliphatic hydroxyl groups is 1. The SMILES string of the molecule is Cc1ccc2c(F)cc3c(c2c1)CC[C@]1(C)C[C@@H](O)C[C@@H]31. The van der Waals surface area contributed by atoms with Crippen LogP contribution in [0.1, 0.15) is 48.8 Å². The average molecular weight is 284 g/mol. The van der Waals surface area contributed by atoms with Crippen molar-refractivity contribution in [3.05, 3.63) is 46.8 Å². The van der Waals surface area contributed by atoms with Gasteiger partial charge in [0.2, 0.25) is 0 Å². The summed E-state index contributed by atoms with van der Waals surface area (Å²) in [5.74, 6) is 0.185. The number of rotatable bonds is 0. The predicted octanol–water partition coefficient (Wildman–Crippen LogP) is 4.48. The Bertz CT molecular complexity index is 736. The standard InChI is InChI=1S/C19H21FO/c1-11-3-4-14-15(7-11)13-5-6-19(2)10-12(21)8-17(19)16(13)9-18(14)20/h3-4,7,9,12,17,21H,5-6,8,10H2,1-2H3/t12-,17-,19+/m0/s1. The van der Waals surface area contributed by atoms with Gasteiger partial charge < -0.3 is 5.11 Å². The van der Waals surface area contributed by atoms with Crippen LogP contribution >= 0.6 is 0 Å². The number of hydrogen-bond acceptors (Lipinski definition) is 1. The molecule has 0 saturated heterocycles. The fourth-order valence-corrected chi connectivity index (χ4v) is 4.67. The van der Waals surface area contributed by atoms with Crippen LogP contribution in [0.5, 0.6) is 0 Å². The highest BCUT2D eigenvalue weighted by molar-refractivity contribution is 5.88. The van der Waals surface area contributed by atoms with Crippen molar-refractivity contribution in [2.45, 2.75) is 51.6 Å².